The largest absolute Gasteiger partial charge is 0.478 e. The van der Waals surface area contributed by atoms with Gasteiger partial charge in [0.05, 0.1) is 12.8 Å². The summed E-state index contributed by atoms with van der Waals surface area (Å²) in [5.41, 5.74) is -0.951. The van der Waals surface area contributed by atoms with Crippen LogP contribution in [0.3, 0.4) is 0 Å². The molecule has 0 heterocycles. The zero-order valence-electron chi connectivity index (χ0n) is 9.51. The number of para-hydroxylation sites is 1. The Balaban J connectivity index is 3.11. The van der Waals surface area contributed by atoms with E-state index in [2.05, 4.69) is 0 Å². The number of benzene rings is 1. The highest BCUT2D eigenvalue weighted by atomic mass is 16.7. The fourth-order valence-corrected chi connectivity index (χ4v) is 1.35. The summed E-state index contributed by atoms with van der Waals surface area (Å²) in [5.74, 6) is -1.12. The Bertz CT molecular complexity index is 354. The van der Waals surface area contributed by atoms with Crippen LogP contribution in [0.5, 0.6) is 0 Å². The van der Waals surface area contributed by atoms with Crippen LogP contribution in [0.4, 0.5) is 5.69 Å². The minimum absolute atomic E-state index is 0.608. The molecule has 1 aromatic rings. The number of carbonyl (C=O) groups is 1. The normalized spacial score (nSPS) is 14.2. The van der Waals surface area contributed by atoms with E-state index in [0.29, 0.717) is 5.69 Å². The van der Waals surface area contributed by atoms with Crippen molar-refractivity contribution in [1.82, 2.24) is 0 Å². The SMILES string of the molecule is CON(c1ccccc1)[C@](C)(OC)C(=O)O. The van der Waals surface area contributed by atoms with Gasteiger partial charge in [-0.2, -0.15) is 0 Å². The van der Waals surface area contributed by atoms with Gasteiger partial charge in [0.2, 0.25) is 0 Å². The Morgan fingerprint density at radius 3 is 2.25 bits per heavy atom. The molecule has 0 amide bonds. The topological polar surface area (TPSA) is 59.0 Å². The van der Waals surface area contributed by atoms with Crippen molar-refractivity contribution in [3.63, 3.8) is 0 Å². The number of anilines is 1. The van der Waals surface area contributed by atoms with E-state index < -0.39 is 11.7 Å². The van der Waals surface area contributed by atoms with Gasteiger partial charge in [-0.05, 0) is 19.1 Å². The van der Waals surface area contributed by atoms with E-state index in [4.69, 9.17) is 14.7 Å². The van der Waals surface area contributed by atoms with Crippen molar-refractivity contribution < 1.29 is 19.5 Å². The number of aliphatic carboxylic acids is 1. The second kappa shape index (κ2) is 4.96. The lowest BCUT2D eigenvalue weighted by molar-refractivity contribution is -0.169. The van der Waals surface area contributed by atoms with Crippen LogP contribution < -0.4 is 5.06 Å². The average molecular weight is 225 g/mol. The fourth-order valence-electron chi connectivity index (χ4n) is 1.35. The highest BCUT2D eigenvalue weighted by molar-refractivity contribution is 5.80. The predicted octanol–water partition coefficient (Wildman–Crippen LogP) is 1.50. The molecule has 1 atom stereocenters. The van der Waals surface area contributed by atoms with E-state index in [1.807, 2.05) is 6.07 Å². The zero-order valence-corrected chi connectivity index (χ0v) is 9.51. The molecule has 5 heteroatoms. The number of carboxylic acids is 1. The van der Waals surface area contributed by atoms with Crippen molar-refractivity contribution in [2.75, 3.05) is 19.3 Å². The molecule has 16 heavy (non-hydrogen) atoms. The number of hydrogen-bond donors (Lipinski definition) is 1. The Kier molecular flexibility index (Phi) is 3.87. The average Bonchev–Trinajstić information content (AvgIpc) is 2.30. The van der Waals surface area contributed by atoms with Gasteiger partial charge < -0.3 is 9.84 Å². The summed E-state index contributed by atoms with van der Waals surface area (Å²) < 4.78 is 5.01. The van der Waals surface area contributed by atoms with Crippen LogP contribution in [0.15, 0.2) is 30.3 Å². The molecule has 5 nitrogen and oxygen atoms in total. The molecule has 1 rings (SSSR count). The summed E-state index contributed by atoms with van der Waals surface area (Å²) in [6.45, 7) is 1.42. The van der Waals surface area contributed by atoms with Crippen LogP contribution in [0, 0.1) is 0 Å². The van der Waals surface area contributed by atoms with Crippen molar-refractivity contribution >= 4 is 11.7 Å². The van der Waals surface area contributed by atoms with Crippen molar-refractivity contribution in [3.8, 4) is 0 Å². The van der Waals surface area contributed by atoms with Crippen LogP contribution in [0.1, 0.15) is 6.92 Å². The second-order valence-electron chi connectivity index (χ2n) is 3.30. The molecule has 88 valence electrons. The molecule has 0 saturated heterocycles. The predicted molar refractivity (Wildman–Crippen MR) is 59.0 cm³/mol. The van der Waals surface area contributed by atoms with Gasteiger partial charge in [0.25, 0.3) is 5.72 Å². The monoisotopic (exact) mass is 225 g/mol. The first-order valence-corrected chi connectivity index (χ1v) is 4.74. The van der Waals surface area contributed by atoms with Gasteiger partial charge in [0.15, 0.2) is 0 Å². The highest BCUT2D eigenvalue weighted by Crippen LogP contribution is 2.24. The van der Waals surface area contributed by atoms with Gasteiger partial charge in [-0.3, -0.25) is 4.84 Å². The molecule has 0 aliphatic heterocycles. The summed E-state index contributed by atoms with van der Waals surface area (Å²) in [4.78, 5) is 16.3. The van der Waals surface area contributed by atoms with Crippen molar-refractivity contribution in [1.29, 1.82) is 0 Å². The molecular weight excluding hydrogens is 210 g/mol. The molecule has 1 N–H and O–H groups in total. The first kappa shape index (κ1) is 12.5. The maximum atomic E-state index is 11.2. The van der Waals surface area contributed by atoms with Crippen LogP contribution >= 0.6 is 0 Å². The molecule has 0 aliphatic carbocycles. The van der Waals surface area contributed by atoms with E-state index in [1.54, 1.807) is 24.3 Å². The summed E-state index contributed by atoms with van der Waals surface area (Å²) in [6.07, 6.45) is 0. The molecule has 0 aromatic heterocycles. The van der Waals surface area contributed by atoms with Crippen molar-refractivity contribution in [3.05, 3.63) is 30.3 Å². The molecule has 0 spiro atoms. The van der Waals surface area contributed by atoms with Crippen LogP contribution in [0.25, 0.3) is 0 Å². The third kappa shape index (κ3) is 2.15. The van der Waals surface area contributed by atoms with Crippen molar-refractivity contribution in [2.45, 2.75) is 12.6 Å². The van der Waals surface area contributed by atoms with E-state index >= 15 is 0 Å². The fraction of sp³-hybridized carbons (Fsp3) is 0.364. The zero-order chi connectivity index (χ0) is 12.2. The summed E-state index contributed by atoms with van der Waals surface area (Å²) in [7, 11) is 2.72. The molecule has 0 aliphatic rings. The summed E-state index contributed by atoms with van der Waals surface area (Å²) in [5, 5.41) is 10.4. The number of ether oxygens (including phenoxy) is 1. The van der Waals surface area contributed by atoms with Crippen LogP contribution in [-0.4, -0.2) is 31.0 Å². The Morgan fingerprint density at radius 2 is 1.88 bits per heavy atom. The highest BCUT2D eigenvalue weighted by Gasteiger charge is 2.41. The van der Waals surface area contributed by atoms with Gasteiger partial charge in [-0.1, -0.05) is 18.2 Å². The molecule has 0 bridgehead atoms. The quantitative estimate of drug-likeness (QED) is 0.608. The lowest BCUT2D eigenvalue weighted by atomic mass is 10.2. The Morgan fingerprint density at radius 1 is 1.31 bits per heavy atom. The minimum atomic E-state index is -1.56. The molecule has 0 fully saturated rings. The molecule has 1 aromatic carbocycles. The van der Waals surface area contributed by atoms with Gasteiger partial charge in [0, 0.05) is 7.11 Å². The molecule has 0 radical (unpaired) electrons. The van der Waals surface area contributed by atoms with Gasteiger partial charge in [-0.15, -0.1) is 0 Å². The number of hydroxylamine groups is 1. The van der Waals surface area contributed by atoms with E-state index in [0.717, 1.165) is 0 Å². The summed E-state index contributed by atoms with van der Waals surface area (Å²) in [6, 6.07) is 8.90. The van der Waals surface area contributed by atoms with E-state index in [1.165, 1.54) is 26.2 Å². The Hall–Kier alpha value is -1.59. The van der Waals surface area contributed by atoms with Gasteiger partial charge >= 0.3 is 5.97 Å². The van der Waals surface area contributed by atoms with Crippen LogP contribution in [0.2, 0.25) is 0 Å². The van der Waals surface area contributed by atoms with Gasteiger partial charge in [-0.25, -0.2) is 9.86 Å². The van der Waals surface area contributed by atoms with E-state index in [-0.39, 0.29) is 0 Å². The first-order chi connectivity index (χ1) is 7.56. The number of carboxylic acid groups (broad SMARTS) is 1. The number of hydrogen-bond acceptors (Lipinski definition) is 4. The molecular formula is C11H15NO4. The lowest BCUT2D eigenvalue weighted by Crippen LogP contribution is -2.53. The van der Waals surface area contributed by atoms with Gasteiger partial charge in [0.1, 0.15) is 0 Å². The first-order valence-electron chi connectivity index (χ1n) is 4.74. The lowest BCUT2D eigenvalue weighted by Gasteiger charge is -2.35. The molecule has 0 saturated carbocycles. The smallest absolute Gasteiger partial charge is 0.359 e. The third-order valence-electron chi connectivity index (χ3n) is 2.36. The Labute approximate surface area is 94.2 Å². The van der Waals surface area contributed by atoms with Crippen LogP contribution in [-0.2, 0) is 14.4 Å². The van der Waals surface area contributed by atoms with Crippen molar-refractivity contribution in [2.24, 2.45) is 0 Å². The second-order valence-corrected chi connectivity index (χ2v) is 3.30. The van der Waals surface area contributed by atoms with E-state index in [9.17, 15) is 4.79 Å². The number of methoxy groups -OCH3 is 1. The number of rotatable bonds is 5. The summed E-state index contributed by atoms with van der Waals surface area (Å²) >= 11 is 0. The molecule has 0 unspecified atom stereocenters. The third-order valence-corrected chi connectivity index (χ3v) is 2.36. The maximum Gasteiger partial charge on any atom is 0.359 e. The minimum Gasteiger partial charge on any atom is -0.478 e. The maximum absolute atomic E-state index is 11.2. The standard InChI is InChI=1S/C11H15NO4/c1-11(15-2,10(13)14)12(16-3)9-7-5-4-6-8-9/h4-8H,1-3H3,(H,13,14)/t11-/m1/s1. The number of nitrogens with zero attached hydrogens (tertiary/aromatic N) is 1.